The van der Waals surface area contributed by atoms with Crippen LogP contribution in [-0.2, 0) is 13.0 Å². The number of fused-ring (bicyclic) bond motifs is 1. The van der Waals surface area contributed by atoms with Gasteiger partial charge in [-0.25, -0.2) is 0 Å². The summed E-state index contributed by atoms with van der Waals surface area (Å²) in [4.78, 5) is 13.3. The fourth-order valence-corrected chi connectivity index (χ4v) is 1.82. The number of thiocarbonyl (C=S) groups is 1. The third kappa shape index (κ3) is 1.41. The molecule has 1 aromatic rings. The van der Waals surface area contributed by atoms with Crippen LogP contribution in [0.15, 0.2) is 4.79 Å². The summed E-state index contributed by atoms with van der Waals surface area (Å²) >= 11 is 5.12. The van der Waals surface area contributed by atoms with E-state index in [1.165, 1.54) is 0 Å². The molecule has 0 unspecified atom stereocenters. The molecule has 1 aliphatic rings. The van der Waals surface area contributed by atoms with Gasteiger partial charge in [0.05, 0.1) is 12.2 Å². The Kier molecular flexibility index (Phi) is 2.28. The van der Waals surface area contributed by atoms with Crippen LogP contribution in [0.5, 0.6) is 0 Å². The van der Waals surface area contributed by atoms with Gasteiger partial charge in [-0.1, -0.05) is 0 Å². The van der Waals surface area contributed by atoms with Crippen LogP contribution < -0.4 is 10.9 Å². The second kappa shape index (κ2) is 3.45. The first-order valence-corrected chi connectivity index (χ1v) is 4.88. The van der Waals surface area contributed by atoms with Crippen LogP contribution in [0.1, 0.15) is 11.3 Å². The molecule has 5 nitrogen and oxygen atoms in total. The predicted molar refractivity (Wildman–Crippen MR) is 57.2 cm³/mol. The van der Waals surface area contributed by atoms with E-state index in [9.17, 15) is 4.79 Å². The molecule has 3 N–H and O–H groups in total. The van der Waals surface area contributed by atoms with E-state index in [-0.39, 0.29) is 5.56 Å². The number of rotatable bonds is 0. The Morgan fingerprint density at radius 2 is 2.36 bits per heavy atom. The molecule has 2 rings (SSSR count). The summed E-state index contributed by atoms with van der Waals surface area (Å²) in [5.41, 5.74) is 1.80. The molecule has 1 aliphatic heterocycles. The van der Waals surface area contributed by atoms with Crippen LogP contribution in [-0.4, -0.2) is 33.8 Å². The molecule has 14 heavy (non-hydrogen) atoms. The molecular weight excluding hydrogens is 200 g/mol. The van der Waals surface area contributed by atoms with Crippen molar-refractivity contribution in [3.63, 3.8) is 0 Å². The van der Waals surface area contributed by atoms with Gasteiger partial charge in [0.1, 0.15) is 0 Å². The van der Waals surface area contributed by atoms with Crippen molar-refractivity contribution < 1.29 is 0 Å². The van der Waals surface area contributed by atoms with Gasteiger partial charge in [-0.3, -0.25) is 9.89 Å². The normalized spacial score (nSPS) is 15.1. The zero-order valence-corrected chi connectivity index (χ0v) is 8.70. The van der Waals surface area contributed by atoms with Crippen LogP contribution >= 0.6 is 12.2 Å². The van der Waals surface area contributed by atoms with Crippen LogP contribution in [0.25, 0.3) is 0 Å². The van der Waals surface area contributed by atoms with Gasteiger partial charge in [-0.05, 0) is 18.6 Å². The molecule has 0 fully saturated rings. The summed E-state index contributed by atoms with van der Waals surface area (Å²) < 4.78 is 0. The summed E-state index contributed by atoms with van der Waals surface area (Å²) in [6.07, 6.45) is 0.746. The van der Waals surface area contributed by atoms with Gasteiger partial charge >= 0.3 is 0 Å². The number of nitrogens with one attached hydrogen (secondary N) is 3. The maximum absolute atomic E-state index is 11.3. The average molecular weight is 212 g/mol. The summed E-state index contributed by atoms with van der Waals surface area (Å²) in [7, 11) is 1.80. The smallest absolute Gasteiger partial charge is 0.267 e. The minimum atomic E-state index is -0.00461. The molecule has 0 amide bonds. The van der Waals surface area contributed by atoms with Crippen molar-refractivity contribution in [1.82, 2.24) is 20.4 Å². The summed E-state index contributed by atoms with van der Waals surface area (Å²) in [6, 6.07) is 0. The lowest BCUT2D eigenvalue weighted by molar-refractivity contribution is 0.385. The van der Waals surface area contributed by atoms with Crippen molar-refractivity contribution in [3.8, 4) is 0 Å². The van der Waals surface area contributed by atoms with Gasteiger partial charge in [0.25, 0.3) is 5.56 Å². The largest absolute Gasteiger partial charge is 0.366 e. The SMILES string of the molecule is CNC(=S)N1CCc2c([nH][nH]c2=O)C1. The molecule has 2 heterocycles. The lowest BCUT2D eigenvalue weighted by Gasteiger charge is -2.27. The van der Waals surface area contributed by atoms with E-state index in [1.54, 1.807) is 7.05 Å². The van der Waals surface area contributed by atoms with Crippen molar-refractivity contribution in [2.24, 2.45) is 0 Å². The van der Waals surface area contributed by atoms with E-state index in [4.69, 9.17) is 12.2 Å². The van der Waals surface area contributed by atoms with Crippen LogP contribution in [0.3, 0.4) is 0 Å². The lowest BCUT2D eigenvalue weighted by atomic mass is 10.1. The highest BCUT2D eigenvalue weighted by molar-refractivity contribution is 7.80. The standard InChI is InChI=1S/C8H12N4OS/c1-9-8(14)12-3-2-5-6(4-12)10-11-7(5)13/h2-4H2,1H3,(H,9,14)(H2,10,11,13). The summed E-state index contributed by atoms with van der Waals surface area (Å²) in [6.45, 7) is 1.47. The Labute approximate surface area is 86.5 Å². The Balaban J connectivity index is 2.22. The van der Waals surface area contributed by atoms with Crippen LogP contribution in [0.2, 0.25) is 0 Å². The van der Waals surface area contributed by atoms with Gasteiger partial charge in [-0.15, -0.1) is 0 Å². The van der Waals surface area contributed by atoms with Gasteiger partial charge < -0.3 is 15.3 Å². The van der Waals surface area contributed by atoms with E-state index in [2.05, 4.69) is 15.5 Å². The molecule has 0 atom stereocenters. The molecule has 0 radical (unpaired) electrons. The summed E-state index contributed by atoms with van der Waals surface area (Å²) in [5, 5.41) is 9.10. The first kappa shape index (κ1) is 9.26. The molecule has 0 aromatic carbocycles. The minimum Gasteiger partial charge on any atom is -0.366 e. The van der Waals surface area contributed by atoms with E-state index < -0.39 is 0 Å². The maximum Gasteiger partial charge on any atom is 0.267 e. The fraction of sp³-hybridized carbons (Fsp3) is 0.500. The van der Waals surface area contributed by atoms with Gasteiger partial charge in [-0.2, -0.15) is 0 Å². The molecule has 0 spiro atoms. The second-order valence-electron chi connectivity index (χ2n) is 3.26. The highest BCUT2D eigenvalue weighted by Gasteiger charge is 2.21. The number of nitrogens with zero attached hydrogens (tertiary/aromatic N) is 1. The molecule has 0 saturated heterocycles. The van der Waals surface area contributed by atoms with Gasteiger partial charge in [0.2, 0.25) is 0 Å². The number of hydrogen-bond donors (Lipinski definition) is 3. The monoisotopic (exact) mass is 212 g/mol. The zero-order chi connectivity index (χ0) is 10.1. The van der Waals surface area contributed by atoms with Gasteiger partial charge in [0, 0.05) is 19.2 Å². The van der Waals surface area contributed by atoms with Crippen molar-refractivity contribution in [2.45, 2.75) is 13.0 Å². The lowest BCUT2D eigenvalue weighted by Crippen LogP contribution is -2.41. The highest BCUT2D eigenvalue weighted by atomic mass is 32.1. The zero-order valence-electron chi connectivity index (χ0n) is 7.89. The molecule has 1 aromatic heterocycles. The highest BCUT2D eigenvalue weighted by Crippen LogP contribution is 2.12. The average Bonchev–Trinajstić information content (AvgIpc) is 2.59. The predicted octanol–water partition coefficient (Wildman–Crippen LogP) is -0.435. The Morgan fingerprint density at radius 1 is 1.57 bits per heavy atom. The van der Waals surface area contributed by atoms with Crippen LogP contribution in [0, 0.1) is 0 Å². The molecule has 0 aliphatic carbocycles. The van der Waals surface area contributed by atoms with E-state index >= 15 is 0 Å². The van der Waals surface area contributed by atoms with Crippen molar-refractivity contribution >= 4 is 17.3 Å². The number of aromatic nitrogens is 2. The summed E-state index contributed by atoms with van der Waals surface area (Å²) in [5.74, 6) is 0. The third-order valence-electron chi connectivity index (χ3n) is 2.45. The van der Waals surface area contributed by atoms with Gasteiger partial charge in [0.15, 0.2) is 5.11 Å². The molecule has 6 heteroatoms. The molecule has 0 bridgehead atoms. The number of aromatic amines is 2. The minimum absolute atomic E-state index is 0.00461. The fourth-order valence-electron chi connectivity index (χ4n) is 1.67. The second-order valence-corrected chi connectivity index (χ2v) is 3.65. The number of hydrogen-bond acceptors (Lipinski definition) is 2. The topological polar surface area (TPSA) is 63.9 Å². The Morgan fingerprint density at radius 3 is 3.07 bits per heavy atom. The van der Waals surface area contributed by atoms with Crippen LogP contribution in [0.4, 0.5) is 0 Å². The van der Waals surface area contributed by atoms with Crippen molar-refractivity contribution in [2.75, 3.05) is 13.6 Å². The van der Waals surface area contributed by atoms with Crippen molar-refractivity contribution in [3.05, 3.63) is 21.6 Å². The quantitative estimate of drug-likeness (QED) is 0.510. The first-order valence-electron chi connectivity index (χ1n) is 4.47. The van der Waals surface area contributed by atoms with Crippen molar-refractivity contribution in [1.29, 1.82) is 0 Å². The molecule has 76 valence electrons. The maximum atomic E-state index is 11.3. The third-order valence-corrected chi connectivity index (χ3v) is 2.91. The van der Waals surface area contributed by atoms with E-state index in [0.29, 0.717) is 6.54 Å². The first-order chi connectivity index (χ1) is 6.72. The van der Waals surface area contributed by atoms with E-state index in [1.807, 2.05) is 4.90 Å². The Bertz CT molecular complexity index is 408. The Hall–Kier alpha value is -1.30. The number of H-pyrrole nitrogens is 2. The molecular formula is C8H12N4OS. The molecule has 0 saturated carbocycles. The van der Waals surface area contributed by atoms with E-state index in [0.717, 1.165) is 29.3 Å².